The summed E-state index contributed by atoms with van der Waals surface area (Å²) in [6, 6.07) is 3.55. The van der Waals surface area contributed by atoms with Crippen molar-refractivity contribution in [2.24, 2.45) is 0 Å². The summed E-state index contributed by atoms with van der Waals surface area (Å²) in [4.78, 5) is 0.281. The maximum absolute atomic E-state index is 12.9. The van der Waals surface area contributed by atoms with Gasteiger partial charge in [0.25, 0.3) is 0 Å². The van der Waals surface area contributed by atoms with E-state index in [0.29, 0.717) is 30.6 Å². The minimum absolute atomic E-state index is 0.107. The van der Waals surface area contributed by atoms with Crippen molar-refractivity contribution in [1.29, 1.82) is 0 Å². The highest BCUT2D eigenvalue weighted by Crippen LogP contribution is 2.28. The van der Waals surface area contributed by atoms with E-state index < -0.39 is 10.0 Å². The van der Waals surface area contributed by atoms with Crippen molar-refractivity contribution < 1.29 is 13.5 Å². The number of rotatable bonds is 8. The molecule has 0 fully saturated rings. The van der Waals surface area contributed by atoms with Crippen LogP contribution in [0.25, 0.3) is 0 Å². The molecule has 120 valence electrons. The molecule has 0 aliphatic heterocycles. The second-order valence-corrected chi connectivity index (χ2v) is 6.90. The fourth-order valence-corrected chi connectivity index (χ4v) is 4.29. The zero-order valence-electron chi connectivity index (χ0n) is 13.1. The van der Waals surface area contributed by atoms with Gasteiger partial charge in [0.2, 0.25) is 10.0 Å². The lowest BCUT2D eigenvalue weighted by Gasteiger charge is -2.23. The van der Waals surface area contributed by atoms with E-state index in [2.05, 4.69) is 0 Å². The fourth-order valence-electron chi connectivity index (χ4n) is 2.39. The maximum atomic E-state index is 12.9. The molecular weight excluding hydrogens is 288 g/mol. The maximum Gasteiger partial charge on any atom is 0.243 e. The molecule has 0 amide bonds. The van der Waals surface area contributed by atoms with Crippen molar-refractivity contribution in [1.82, 2.24) is 4.31 Å². The van der Waals surface area contributed by atoms with E-state index in [4.69, 9.17) is 10.8 Å². The minimum Gasteiger partial charge on any atom is -0.398 e. The Labute approximate surface area is 127 Å². The lowest BCUT2D eigenvalue weighted by atomic mass is 10.1. The van der Waals surface area contributed by atoms with E-state index in [1.54, 1.807) is 6.07 Å². The molecule has 0 atom stereocenters. The Morgan fingerprint density at radius 2 is 1.81 bits per heavy atom. The van der Waals surface area contributed by atoms with Gasteiger partial charge in [0.15, 0.2) is 0 Å². The Hall–Kier alpha value is -1.11. The van der Waals surface area contributed by atoms with E-state index in [0.717, 1.165) is 12.0 Å². The average Bonchev–Trinajstić information content (AvgIpc) is 2.46. The van der Waals surface area contributed by atoms with Gasteiger partial charge in [-0.15, -0.1) is 0 Å². The third-order valence-electron chi connectivity index (χ3n) is 3.51. The number of aliphatic hydroxyl groups excluding tert-OH is 1. The van der Waals surface area contributed by atoms with Crippen molar-refractivity contribution in [3.05, 3.63) is 23.3 Å². The van der Waals surface area contributed by atoms with Crippen LogP contribution in [0.2, 0.25) is 0 Å². The predicted molar refractivity (Wildman–Crippen MR) is 85.7 cm³/mol. The Balaban J connectivity index is 3.43. The van der Waals surface area contributed by atoms with E-state index in [-0.39, 0.29) is 18.0 Å². The molecule has 3 N–H and O–H groups in total. The molecule has 1 aromatic carbocycles. The van der Waals surface area contributed by atoms with Crippen LogP contribution in [0, 0.1) is 0 Å². The Bertz CT molecular complexity index is 565. The highest BCUT2D eigenvalue weighted by Gasteiger charge is 2.27. The highest BCUT2D eigenvalue weighted by atomic mass is 32.2. The van der Waals surface area contributed by atoms with Crippen LogP contribution < -0.4 is 5.73 Å². The van der Waals surface area contributed by atoms with Crippen LogP contribution in [-0.4, -0.2) is 37.5 Å². The lowest BCUT2D eigenvalue weighted by Crippen LogP contribution is -2.35. The van der Waals surface area contributed by atoms with Crippen molar-refractivity contribution in [3.8, 4) is 0 Å². The van der Waals surface area contributed by atoms with Crippen molar-refractivity contribution in [2.45, 2.75) is 44.9 Å². The van der Waals surface area contributed by atoms with Crippen LogP contribution in [-0.2, 0) is 22.9 Å². The normalized spacial score (nSPS) is 12.0. The van der Waals surface area contributed by atoms with Crippen molar-refractivity contribution >= 4 is 15.7 Å². The predicted octanol–water partition coefficient (Wildman–Crippen LogP) is 1.79. The number of nitrogen functional groups attached to an aromatic ring is 1. The summed E-state index contributed by atoms with van der Waals surface area (Å²) in [5.74, 6) is 0. The molecule has 0 heterocycles. The summed E-state index contributed by atoms with van der Waals surface area (Å²) in [5, 5.41) is 9.12. The number of nitrogens with zero attached hydrogens (tertiary/aromatic N) is 1. The number of aryl methyl sites for hydroxylation is 1. The average molecular weight is 314 g/mol. The zero-order valence-corrected chi connectivity index (χ0v) is 13.9. The van der Waals surface area contributed by atoms with Gasteiger partial charge in [0.05, 0.1) is 11.5 Å². The first-order valence-corrected chi connectivity index (χ1v) is 8.88. The first kappa shape index (κ1) is 17.9. The molecule has 0 bridgehead atoms. The monoisotopic (exact) mass is 314 g/mol. The summed E-state index contributed by atoms with van der Waals surface area (Å²) in [5.41, 5.74) is 8.11. The van der Waals surface area contributed by atoms with Crippen LogP contribution in [0.1, 0.15) is 38.3 Å². The van der Waals surface area contributed by atoms with Crippen LogP contribution in [0.4, 0.5) is 5.69 Å². The first-order valence-electron chi connectivity index (χ1n) is 7.44. The number of nitrogens with two attached hydrogens (primary N) is 1. The molecule has 1 aromatic rings. The number of aliphatic hydroxyl groups is 1. The molecule has 6 heteroatoms. The van der Waals surface area contributed by atoms with Crippen LogP contribution in [0.5, 0.6) is 0 Å². The molecule has 0 unspecified atom stereocenters. The number of sulfonamides is 1. The van der Waals surface area contributed by atoms with Crippen LogP contribution >= 0.6 is 0 Å². The second kappa shape index (κ2) is 7.77. The molecule has 0 radical (unpaired) electrons. The second-order valence-electron chi connectivity index (χ2n) is 5.00. The van der Waals surface area contributed by atoms with Gasteiger partial charge in [-0.1, -0.05) is 20.8 Å². The number of hydrogen-bond donors (Lipinski definition) is 2. The topological polar surface area (TPSA) is 83.6 Å². The molecule has 0 aliphatic carbocycles. The SMILES string of the molecule is CCCN(CCO)S(=O)(=O)c1cc(CC)cc(N)c1CC. The van der Waals surface area contributed by atoms with Gasteiger partial charge in [-0.3, -0.25) is 0 Å². The molecule has 0 aliphatic rings. The zero-order chi connectivity index (χ0) is 16.0. The van der Waals surface area contributed by atoms with Gasteiger partial charge in [-0.25, -0.2) is 8.42 Å². The number of anilines is 1. The Morgan fingerprint density at radius 3 is 2.29 bits per heavy atom. The molecule has 1 rings (SSSR count). The van der Waals surface area contributed by atoms with E-state index in [1.807, 2.05) is 26.8 Å². The smallest absolute Gasteiger partial charge is 0.243 e. The van der Waals surface area contributed by atoms with E-state index in [9.17, 15) is 8.42 Å². The molecule has 0 saturated carbocycles. The molecular formula is C15H26N2O3S. The third-order valence-corrected chi connectivity index (χ3v) is 5.47. The largest absolute Gasteiger partial charge is 0.398 e. The van der Waals surface area contributed by atoms with Gasteiger partial charge in [-0.2, -0.15) is 4.31 Å². The third kappa shape index (κ3) is 3.96. The highest BCUT2D eigenvalue weighted by molar-refractivity contribution is 7.89. The molecule has 21 heavy (non-hydrogen) atoms. The Morgan fingerprint density at radius 1 is 1.14 bits per heavy atom. The fraction of sp³-hybridized carbons (Fsp3) is 0.600. The van der Waals surface area contributed by atoms with Gasteiger partial charge >= 0.3 is 0 Å². The summed E-state index contributed by atoms with van der Waals surface area (Å²) >= 11 is 0. The van der Waals surface area contributed by atoms with Gasteiger partial charge < -0.3 is 10.8 Å². The number of hydrogen-bond acceptors (Lipinski definition) is 4. The molecule has 0 aromatic heterocycles. The first-order chi connectivity index (χ1) is 9.92. The standard InChI is InChI=1S/C15H26N2O3S/c1-4-7-17(8-9-18)21(19,20)15-11-12(5-2)10-14(16)13(15)6-3/h10-11,18H,4-9,16H2,1-3H3. The van der Waals surface area contributed by atoms with Crippen LogP contribution in [0.3, 0.4) is 0 Å². The summed E-state index contributed by atoms with van der Waals surface area (Å²) < 4.78 is 27.1. The van der Waals surface area contributed by atoms with Gasteiger partial charge in [0.1, 0.15) is 0 Å². The summed E-state index contributed by atoms with van der Waals surface area (Å²) in [7, 11) is -3.63. The van der Waals surface area contributed by atoms with Crippen molar-refractivity contribution in [3.63, 3.8) is 0 Å². The molecule has 0 spiro atoms. The van der Waals surface area contributed by atoms with Gasteiger partial charge in [-0.05, 0) is 42.5 Å². The number of benzene rings is 1. The van der Waals surface area contributed by atoms with Gasteiger partial charge in [0, 0.05) is 18.8 Å². The molecule has 5 nitrogen and oxygen atoms in total. The van der Waals surface area contributed by atoms with E-state index in [1.165, 1.54) is 4.31 Å². The summed E-state index contributed by atoms with van der Waals surface area (Å²) in [6.07, 6.45) is 1.98. The van der Waals surface area contributed by atoms with E-state index >= 15 is 0 Å². The quantitative estimate of drug-likeness (QED) is 0.717. The molecule has 0 saturated heterocycles. The van der Waals surface area contributed by atoms with Crippen molar-refractivity contribution in [2.75, 3.05) is 25.4 Å². The van der Waals surface area contributed by atoms with Crippen LogP contribution in [0.15, 0.2) is 17.0 Å². The summed E-state index contributed by atoms with van der Waals surface area (Å²) in [6.45, 7) is 6.08. The Kier molecular flexibility index (Phi) is 6.64. The minimum atomic E-state index is -3.63. The lowest BCUT2D eigenvalue weighted by molar-refractivity contribution is 0.253.